The number of carbonyl (C=O) groups is 1. The molecule has 1 aromatic carbocycles. The van der Waals surface area contributed by atoms with Gasteiger partial charge in [0, 0.05) is 24.7 Å². The highest BCUT2D eigenvalue weighted by atomic mass is 19.1. The molecule has 27 heavy (non-hydrogen) atoms. The zero-order chi connectivity index (χ0) is 18.8. The predicted octanol–water partition coefficient (Wildman–Crippen LogP) is 2.85. The maximum Gasteiger partial charge on any atom is 0.335 e. The number of hydrogen-bond donors (Lipinski definition) is 0. The van der Waals surface area contributed by atoms with Gasteiger partial charge in [0.25, 0.3) is 5.91 Å². The molecule has 0 bridgehead atoms. The fraction of sp³-hybridized carbons (Fsp3) is 0.263. The van der Waals surface area contributed by atoms with E-state index in [4.69, 9.17) is 8.83 Å². The summed E-state index contributed by atoms with van der Waals surface area (Å²) in [6, 6.07) is 8.49. The summed E-state index contributed by atoms with van der Waals surface area (Å²) in [7, 11) is 0. The molecule has 1 aliphatic heterocycles. The van der Waals surface area contributed by atoms with E-state index >= 15 is 0 Å². The third-order valence-electron chi connectivity index (χ3n) is 4.54. The van der Waals surface area contributed by atoms with Crippen molar-refractivity contribution >= 4 is 5.91 Å². The Kier molecular flexibility index (Phi) is 4.53. The third kappa shape index (κ3) is 3.64. The second kappa shape index (κ2) is 7.14. The minimum Gasteiger partial charge on any atom is -0.430 e. The van der Waals surface area contributed by atoms with Crippen molar-refractivity contribution in [3.63, 3.8) is 0 Å². The van der Waals surface area contributed by atoms with Crippen molar-refractivity contribution in [2.24, 2.45) is 0 Å². The van der Waals surface area contributed by atoms with Crippen molar-refractivity contribution in [2.75, 3.05) is 13.1 Å². The van der Waals surface area contributed by atoms with Crippen LogP contribution in [0, 0.1) is 5.82 Å². The molecule has 0 aliphatic carbocycles. The molecule has 1 atom stereocenters. The van der Waals surface area contributed by atoms with Crippen molar-refractivity contribution < 1.29 is 18.0 Å². The van der Waals surface area contributed by atoms with Gasteiger partial charge < -0.3 is 13.7 Å². The van der Waals surface area contributed by atoms with Crippen LogP contribution >= 0.6 is 0 Å². The first-order chi connectivity index (χ1) is 13.1. The van der Waals surface area contributed by atoms with Gasteiger partial charge in [0.05, 0.1) is 11.5 Å². The minimum atomic E-state index is -0.498. The zero-order valence-electron chi connectivity index (χ0n) is 14.3. The van der Waals surface area contributed by atoms with Gasteiger partial charge in [0.15, 0.2) is 0 Å². The quantitative estimate of drug-likeness (QED) is 0.705. The number of aromatic nitrogens is 2. The lowest BCUT2D eigenvalue weighted by Gasteiger charge is -2.31. The summed E-state index contributed by atoms with van der Waals surface area (Å²) in [5, 5.41) is 8.15. The molecule has 0 N–H and O–H groups in total. The molecular formula is C19H16FN3O4. The number of carbonyl (C=O) groups excluding carboxylic acids is 1. The monoisotopic (exact) mass is 369 g/mol. The second-order valence-electron chi connectivity index (χ2n) is 6.39. The molecule has 1 unspecified atom stereocenters. The van der Waals surface area contributed by atoms with E-state index in [0.717, 1.165) is 12.8 Å². The van der Waals surface area contributed by atoms with Crippen LogP contribution in [0.1, 0.15) is 35.0 Å². The fourth-order valence-electron chi connectivity index (χ4n) is 3.13. The molecular weight excluding hydrogens is 353 g/mol. The zero-order valence-corrected chi connectivity index (χ0v) is 14.3. The molecule has 1 fully saturated rings. The van der Waals surface area contributed by atoms with Crippen molar-refractivity contribution in [1.82, 2.24) is 15.1 Å². The SMILES string of the molecule is O=C(c1ccc(=O)oc1)N1CCCC(c2nnc(-c3ccc(F)cc3)o2)C1. The first kappa shape index (κ1) is 17.1. The van der Waals surface area contributed by atoms with Crippen LogP contribution in [-0.4, -0.2) is 34.1 Å². The molecule has 1 amide bonds. The van der Waals surface area contributed by atoms with Crippen molar-refractivity contribution in [3.05, 3.63) is 70.4 Å². The molecule has 7 nitrogen and oxygen atoms in total. The number of nitrogens with zero attached hydrogens (tertiary/aromatic N) is 3. The highest BCUT2D eigenvalue weighted by molar-refractivity contribution is 5.93. The molecule has 1 saturated heterocycles. The van der Waals surface area contributed by atoms with Crippen LogP contribution in [0.15, 0.2) is 56.3 Å². The van der Waals surface area contributed by atoms with E-state index in [-0.39, 0.29) is 17.6 Å². The summed E-state index contributed by atoms with van der Waals surface area (Å²) >= 11 is 0. The van der Waals surface area contributed by atoms with Crippen LogP contribution < -0.4 is 5.63 Å². The predicted molar refractivity (Wildman–Crippen MR) is 92.5 cm³/mol. The molecule has 3 heterocycles. The maximum atomic E-state index is 13.1. The van der Waals surface area contributed by atoms with Gasteiger partial charge in [0.2, 0.25) is 11.8 Å². The van der Waals surface area contributed by atoms with Gasteiger partial charge in [-0.1, -0.05) is 0 Å². The van der Waals surface area contributed by atoms with Gasteiger partial charge in [-0.05, 0) is 43.2 Å². The van der Waals surface area contributed by atoms with Crippen LogP contribution in [0.3, 0.4) is 0 Å². The van der Waals surface area contributed by atoms with Crippen LogP contribution in [0.5, 0.6) is 0 Å². The lowest BCUT2D eigenvalue weighted by molar-refractivity contribution is 0.0695. The largest absolute Gasteiger partial charge is 0.430 e. The fourth-order valence-corrected chi connectivity index (χ4v) is 3.13. The number of likely N-dealkylation sites (tertiary alicyclic amines) is 1. The van der Waals surface area contributed by atoms with Gasteiger partial charge in [-0.15, -0.1) is 10.2 Å². The van der Waals surface area contributed by atoms with Crippen LogP contribution in [-0.2, 0) is 0 Å². The number of piperidine rings is 1. The highest BCUT2D eigenvalue weighted by Crippen LogP contribution is 2.29. The Morgan fingerprint density at radius 3 is 2.70 bits per heavy atom. The number of amides is 1. The summed E-state index contributed by atoms with van der Waals surface area (Å²) in [5.41, 5.74) is 0.466. The van der Waals surface area contributed by atoms with E-state index in [0.29, 0.717) is 36.0 Å². The van der Waals surface area contributed by atoms with Gasteiger partial charge >= 0.3 is 5.63 Å². The minimum absolute atomic E-state index is 0.0832. The van der Waals surface area contributed by atoms with Gasteiger partial charge in [-0.2, -0.15) is 0 Å². The van der Waals surface area contributed by atoms with E-state index in [1.165, 1.54) is 30.5 Å². The van der Waals surface area contributed by atoms with E-state index in [1.54, 1.807) is 17.0 Å². The molecule has 8 heteroatoms. The van der Waals surface area contributed by atoms with Crippen molar-refractivity contribution in [3.8, 4) is 11.5 Å². The summed E-state index contributed by atoms with van der Waals surface area (Å²) in [5.74, 6) is 0.142. The molecule has 0 saturated carbocycles. The Hall–Kier alpha value is -3.29. The Labute approximate surface area is 153 Å². The summed E-state index contributed by atoms with van der Waals surface area (Å²) in [6.07, 6.45) is 2.79. The average molecular weight is 369 g/mol. The average Bonchev–Trinajstić information content (AvgIpc) is 3.19. The molecule has 0 radical (unpaired) electrons. The maximum absolute atomic E-state index is 13.1. The molecule has 2 aromatic heterocycles. The van der Waals surface area contributed by atoms with Gasteiger partial charge in [-0.3, -0.25) is 4.79 Å². The van der Waals surface area contributed by atoms with E-state index < -0.39 is 5.63 Å². The third-order valence-corrected chi connectivity index (χ3v) is 4.54. The number of halogens is 1. The van der Waals surface area contributed by atoms with E-state index in [1.807, 2.05) is 0 Å². The summed E-state index contributed by atoms with van der Waals surface area (Å²) in [4.78, 5) is 25.3. The molecule has 3 aromatic rings. The molecule has 4 rings (SSSR count). The van der Waals surface area contributed by atoms with Gasteiger partial charge in [-0.25, -0.2) is 9.18 Å². The molecule has 0 spiro atoms. The van der Waals surface area contributed by atoms with E-state index in [9.17, 15) is 14.0 Å². The standard InChI is InChI=1S/C19H16FN3O4/c20-15-6-3-12(4-7-15)17-21-22-18(27-17)13-2-1-9-23(10-13)19(25)14-5-8-16(24)26-11-14/h3-8,11,13H,1-2,9-10H2. The highest BCUT2D eigenvalue weighted by Gasteiger charge is 2.29. The normalized spacial score (nSPS) is 17.1. The Morgan fingerprint density at radius 1 is 1.15 bits per heavy atom. The van der Waals surface area contributed by atoms with Crippen molar-refractivity contribution in [1.29, 1.82) is 0 Å². The molecule has 138 valence electrons. The van der Waals surface area contributed by atoms with Crippen LogP contribution in [0.2, 0.25) is 0 Å². The van der Waals surface area contributed by atoms with Crippen LogP contribution in [0.4, 0.5) is 4.39 Å². The van der Waals surface area contributed by atoms with Crippen molar-refractivity contribution in [2.45, 2.75) is 18.8 Å². The Morgan fingerprint density at radius 2 is 1.96 bits per heavy atom. The first-order valence-corrected chi connectivity index (χ1v) is 8.57. The number of hydrogen-bond acceptors (Lipinski definition) is 6. The van der Waals surface area contributed by atoms with E-state index in [2.05, 4.69) is 10.2 Å². The second-order valence-corrected chi connectivity index (χ2v) is 6.39. The van der Waals surface area contributed by atoms with Gasteiger partial charge in [0.1, 0.15) is 12.1 Å². The number of rotatable bonds is 3. The Balaban J connectivity index is 1.50. The van der Waals surface area contributed by atoms with Crippen LogP contribution in [0.25, 0.3) is 11.5 Å². The lowest BCUT2D eigenvalue weighted by Crippen LogP contribution is -2.39. The summed E-state index contributed by atoms with van der Waals surface area (Å²) in [6.45, 7) is 1.04. The topological polar surface area (TPSA) is 89.4 Å². The smallest absolute Gasteiger partial charge is 0.335 e. The summed E-state index contributed by atoms with van der Waals surface area (Å²) < 4.78 is 23.6. The Bertz CT molecular complexity index is 992. The first-order valence-electron chi connectivity index (χ1n) is 8.57. The number of benzene rings is 1. The lowest BCUT2D eigenvalue weighted by atomic mass is 9.97. The molecule has 1 aliphatic rings.